The van der Waals surface area contributed by atoms with Gasteiger partial charge in [0.15, 0.2) is 11.7 Å². The van der Waals surface area contributed by atoms with Crippen LogP contribution in [-0.4, -0.2) is 219 Å². The lowest BCUT2D eigenvalue weighted by Gasteiger charge is -2.29. The molecule has 1 aromatic carbocycles. The molecule has 1 fully saturated rings. The Morgan fingerprint density at radius 3 is 1.79 bits per heavy atom. The first-order chi connectivity index (χ1) is 46.0. The average Bonchev–Trinajstić information content (AvgIpc) is 1.64. The van der Waals surface area contributed by atoms with Gasteiger partial charge in [0.1, 0.15) is 66.2 Å². The number of phenols is 1. The van der Waals surface area contributed by atoms with Gasteiger partial charge in [-0.05, 0) is 107 Å². The van der Waals surface area contributed by atoms with Gasteiger partial charge in [-0.3, -0.25) is 81.4 Å². The molecule has 0 saturated carbocycles. The number of nitrogens with zero attached hydrogens (tertiary/aromatic N) is 2. The predicted octanol–water partition coefficient (Wildman–Crippen LogP) is -7.15. The zero-order chi connectivity index (χ0) is 73.6. The number of allylic oxidation sites excluding steroid dienone is 2. The lowest BCUT2D eigenvalue weighted by Crippen LogP contribution is -2.60. The number of phosphoric ester groups is 1. The number of hydrogen-bond acceptors (Lipinski definition) is 20. The zero-order valence-electron chi connectivity index (χ0n) is 55.0. The molecule has 0 bridgehead atoms. The van der Waals surface area contributed by atoms with Gasteiger partial charge in [0, 0.05) is 32.9 Å². The molecule has 1 aliphatic carbocycles. The van der Waals surface area contributed by atoms with Crippen LogP contribution < -0.4 is 81.4 Å². The molecule has 0 spiro atoms. The van der Waals surface area contributed by atoms with Crippen molar-refractivity contribution < 1.29 is 101 Å². The number of hydrogen-bond donors (Lipinski definition) is 19. The second-order valence-corrected chi connectivity index (χ2v) is 25.1. The Hall–Kier alpha value is -9.65. The molecular formula is C59H92N17O21P. The van der Waals surface area contributed by atoms with Crippen LogP contribution in [0, 0.1) is 11.8 Å². The molecule has 0 aromatic heterocycles. The first-order valence-corrected chi connectivity index (χ1v) is 33.0. The molecule has 3 rings (SSSR count). The fourth-order valence-electron chi connectivity index (χ4n) is 10.0. The quantitative estimate of drug-likeness (QED) is 0.0125. The third kappa shape index (κ3) is 30.6. The Morgan fingerprint density at radius 2 is 1.21 bits per heavy atom. The van der Waals surface area contributed by atoms with E-state index in [9.17, 15) is 96.5 Å². The number of likely N-dealkylation sites (tertiary alicyclic amines) is 1. The lowest BCUT2D eigenvalue weighted by atomic mass is 9.89. The van der Waals surface area contributed by atoms with Crippen LogP contribution in [0.25, 0.3) is 0 Å². The summed E-state index contributed by atoms with van der Waals surface area (Å²) in [5.41, 5.74) is 22.1. The van der Waals surface area contributed by atoms with Crippen molar-refractivity contribution in [2.45, 2.75) is 172 Å². The molecular weight excluding hydrogens is 1310 g/mol. The largest absolute Gasteiger partial charge is 0.508 e. The topological polar surface area (TPSA) is 615 Å². The maximum absolute atomic E-state index is 14.2. The number of aromatic hydroxyl groups is 1. The number of ketones is 1. The number of rotatable bonds is 41. The third-order valence-electron chi connectivity index (χ3n) is 15.2. The molecule has 1 aromatic rings. The minimum Gasteiger partial charge on any atom is -0.508 e. The number of phenolic OH excluding ortho intramolecular Hbond substituents is 1. The number of aliphatic imine (C=N–C) groups is 1. The van der Waals surface area contributed by atoms with E-state index in [1.165, 1.54) is 51.1 Å². The molecule has 11 unspecified atom stereocenters. The van der Waals surface area contributed by atoms with Crippen molar-refractivity contribution in [1.82, 2.24) is 63.4 Å². The lowest BCUT2D eigenvalue weighted by molar-refractivity contribution is -0.143. The van der Waals surface area contributed by atoms with Crippen molar-refractivity contribution in [3.8, 4) is 5.75 Å². The molecule has 1 saturated heterocycles. The van der Waals surface area contributed by atoms with Crippen LogP contribution in [0.15, 0.2) is 41.4 Å². The smallest absolute Gasteiger partial charge is 0.469 e. The maximum Gasteiger partial charge on any atom is 0.469 e. The van der Waals surface area contributed by atoms with Crippen LogP contribution >= 0.6 is 7.82 Å². The Morgan fingerprint density at radius 1 is 0.653 bits per heavy atom. The van der Waals surface area contributed by atoms with Gasteiger partial charge in [-0.2, -0.15) is 0 Å². The number of unbranched alkanes of at least 4 members (excludes halogenated alkanes) is 1. The van der Waals surface area contributed by atoms with Crippen molar-refractivity contribution in [3.05, 3.63) is 42.0 Å². The van der Waals surface area contributed by atoms with E-state index in [0.29, 0.717) is 24.8 Å². The van der Waals surface area contributed by atoms with Crippen LogP contribution in [0.5, 0.6) is 5.75 Å². The summed E-state index contributed by atoms with van der Waals surface area (Å²) in [6.07, 6.45) is 4.01. The number of nitrogens with two attached hydrogens (primary N) is 4. The third-order valence-corrected chi connectivity index (χ3v) is 15.6. The van der Waals surface area contributed by atoms with E-state index >= 15 is 0 Å². The number of amides is 14. The van der Waals surface area contributed by atoms with Crippen LogP contribution in [0.4, 0.5) is 0 Å². The monoisotopic (exact) mass is 1410 g/mol. The molecule has 98 heavy (non-hydrogen) atoms. The van der Waals surface area contributed by atoms with E-state index < -0.39 is 184 Å². The van der Waals surface area contributed by atoms with Crippen molar-refractivity contribution in [1.29, 1.82) is 0 Å². The number of benzene rings is 1. The Kier molecular flexibility index (Phi) is 34.4. The summed E-state index contributed by atoms with van der Waals surface area (Å²) < 4.78 is 16.2. The Bertz CT molecular complexity index is 3140. The molecule has 1 aliphatic heterocycles. The molecule has 11 atom stereocenters. The number of carbonyl (C=O) groups excluding carboxylic acids is 15. The van der Waals surface area contributed by atoms with Gasteiger partial charge in [0.05, 0.1) is 32.7 Å². The van der Waals surface area contributed by atoms with Crippen LogP contribution in [-0.2, 0) is 87.4 Å². The highest BCUT2D eigenvalue weighted by molar-refractivity contribution is 7.46. The Balaban J connectivity index is 1.73. The molecule has 2 aliphatic rings. The summed E-state index contributed by atoms with van der Waals surface area (Å²) >= 11 is 0. The van der Waals surface area contributed by atoms with Gasteiger partial charge >= 0.3 is 7.82 Å². The molecule has 38 nitrogen and oxygen atoms in total. The van der Waals surface area contributed by atoms with Crippen LogP contribution in [0.1, 0.15) is 111 Å². The summed E-state index contributed by atoms with van der Waals surface area (Å²) in [5, 5.41) is 46.0. The number of guanidine groups is 1. The van der Waals surface area contributed by atoms with Crippen molar-refractivity contribution >= 4 is 102 Å². The number of primary amides is 2. The molecule has 23 N–H and O–H groups in total. The second kappa shape index (κ2) is 40.8. The van der Waals surface area contributed by atoms with E-state index in [4.69, 9.17) is 22.9 Å². The van der Waals surface area contributed by atoms with Gasteiger partial charge in [0.2, 0.25) is 82.7 Å². The number of aliphatic hydroxyl groups excluding tert-OH is 1. The standard InChI is InChI=1S/C59H92N17O21P/c1-30(2)23-40(69-33(5)78)55(90)73-39(20-15-34-11-16-36(79)17-12-34)53(88)72-38(9-6-7-21-64-59(62)63)52(87)68-32(4)50(85)74-42(25-46(60)81)51(86)65-26-48(83)71-44(29-97-98(94,95)96)56(91)75-43(28-77)58(93)76-22-8-10-45(76)57(92)66-27-47(82)70-41(54(89)67-31(3)49(61)84)24-35-13-18-37(80)19-14-35/h11,13-14,16,18-19,30-32,34,38-45,77,80H,6-10,12,15,17,20-29H2,1-5H3,(H2,60,81)(H2,61,84)(H,65,86)(H,66,92)(H,67,89)(H,68,87)(H,69,78)(H,70,82)(H,71,83)(H,72,88)(H,73,90)(H,74,85)(H,75,91)(H4,62,63,64)(H2,94,95,96). The summed E-state index contributed by atoms with van der Waals surface area (Å²) in [5.74, 6) is -14.3. The van der Waals surface area contributed by atoms with E-state index in [1.54, 1.807) is 6.08 Å². The van der Waals surface area contributed by atoms with E-state index in [0.717, 1.165) is 4.90 Å². The van der Waals surface area contributed by atoms with Gasteiger partial charge in [-0.1, -0.05) is 32.1 Å². The van der Waals surface area contributed by atoms with Gasteiger partial charge in [-0.15, -0.1) is 0 Å². The van der Waals surface area contributed by atoms with Crippen LogP contribution in [0.2, 0.25) is 0 Å². The fraction of sp³-hybridized carbons (Fsp3) is 0.593. The highest BCUT2D eigenvalue weighted by Gasteiger charge is 2.40. The Labute approximate surface area is 563 Å². The highest BCUT2D eigenvalue weighted by atomic mass is 31.2. The minimum absolute atomic E-state index is 0.00905. The summed E-state index contributed by atoms with van der Waals surface area (Å²) in [7, 11) is -5.41. The predicted molar refractivity (Wildman–Crippen MR) is 345 cm³/mol. The normalized spacial score (nSPS) is 17.0. The number of aliphatic hydroxyl groups is 1. The van der Waals surface area contributed by atoms with Gasteiger partial charge in [-0.25, -0.2) is 4.57 Å². The summed E-state index contributed by atoms with van der Waals surface area (Å²) in [4.78, 5) is 222. The number of nitrogens with one attached hydrogen (secondary N) is 11. The van der Waals surface area contributed by atoms with E-state index in [1.807, 2.05) is 19.2 Å². The molecule has 39 heteroatoms. The summed E-state index contributed by atoms with van der Waals surface area (Å²) in [6.45, 7) is 3.04. The SMILES string of the molecule is CC(=O)NC(CC(C)C)C(=O)NC(CCC1C=CC(=O)CC1)C(=O)NC(CCCCN=C(N)N)C(=O)NC(C)C(=O)NC(CC(N)=O)C(=O)NCC(=O)NC(COP(=O)(O)O)C(=O)NC(CO)C(=O)N1CCCC1C(=O)NCC(=O)NC(Cc1ccc(O)cc1)C(=O)NC(C)C(N)=O. The van der Waals surface area contributed by atoms with Crippen molar-refractivity contribution in [2.24, 2.45) is 39.8 Å². The summed E-state index contributed by atoms with van der Waals surface area (Å²) in [6, 6.07) is -9.33. The molecule has 14 amide bonds. The minimum atomic E-state index is -5.41. The van der Waals surface area contributed by atoms with Gasteiger partial charge < -0.3 is 106 Å². The van der Waals surface area contributed by atoms with Crippen LogP contribution in [0.3, 0.4) is 0 Å². The first kappa shape index (κ1) is 82.6. The highest BCUT2D eigenvalue weighted by Crippen LogP contribution is 2.35. The second-order valence-electron chi connectivity index (χ2n) is 23.9. The van der Waals surface area contributed by atoms with Crippen molar-refractivity contribution in [3.63, 3.8) is 0 Å². The number of phosphoric acid groups is 1. The maximum atomic E-state index is 14.2. The van der Waals surface area contributed by atoms with Gasteiger partial charge in [0.25, 0.3) is 0 Å². The van der Waals surface area contributed by atoms with E-state index in [-0.39, 0.29) is 93.8 Å². The average molecular weight is 1410 g/mol. The fourth-order valence-corrected chi connectivity index (χ4v) is 10.3. The number of carbonyl (C=O) groups is 15. The first-order valence-electron chi connectivity index (χ1n) is 31.4. The van der Waals surface area contributed by atoms with Crippen molar-refractivity contribution in [2.75, 3.05) is 39.4 Å². The zero-order valence-corrected chi connectivity index (χ0v) is 55.9. The molecule has 1 heterocycles. The molecule has 0 radical (unpaired) electrons. The molecule has 544 valence electrons. The van der Waals surface area contributed by atoms with E-state index in [2.05, 4.69) is 62.7 Å².